The molecule has 0 radical (unpaired) electrons. The number of hydrogen-bond donors (Lipinski definition) is 1. The number of aryl methyl sites for hydroxylation is 1. The maximum Gasteiger partial charge on any atom is 0.127 e. The summed E-state index contributed by atoms with van der Waals surface area (Å²) in [5.41, 5.74) is 3.56. The van der Waals surface area contributed by atoms with E-state index in [1.54, 1.807) is 0 Å². The van der Waals surface area contributed by atoms with E-state index in [-0.39, 0.29) is 0 Å². The molecule has 0 aliphatic carbocycles. The highest BCUT2D eigenvalue weighted by atomic mass is 79.9. The summed E-state index contributed by atoms with van der Waals surface area (Å²) in [6.07, 6.45) is 0. The number of benzene rings is 2. The molecule has 3 heteroatoms. The molecule has 20 heavy (non-hydrogen) atoms. The minimum Gasteiger partial charge on any atom is -0.488 e. The van der Waals surface area contributed by atoms with E-state index >= 15 is 0 Å². The molecule has 0 bridgehead atoms. The summed E-state index contributed by atoms with van der Waals surface area (Å²) >= 11 is 3.44. The maximum absolute atomic E-state index is 6.04. The molecule has 0 aromatic heterocycles. The van der Waals surface area contributed by atoms with Crippen LogP contribution in [-0.4, -0.2) is 6.54 Å². The normalized spacial score (nSPS) is 10.6. The molecule has 0 fully saturated rings. The molecular formula is C17H20BrNO. The first kappa shape index (κ1) is 15.1. The minimum atomic E-state index is 0.595. The third-order valence-electron chi connectivity index (χ3n) is 3.16. The Bertz CT molecular complexity index is 551. The van der Waals surface area contributed by atoms with E-state index in [2.05, 4.69) is 65.4 Å². The van der Waals surface area contributed by atoms with Crippen molar-refractivity contribution < 1.29 is 4.74 Å². The molecule has 2 rings (SSSR count). The number of rotatable bonds is 6. The number of nitrogens with one attached hydrogen (secondary N) is 1. The van der Waals surface area contributed by atoms with E-state index in [9.17, 15) is 0 Å². The second kappa shape index (κ2) is 7.46. The van der Waals surface area contributed by atoms with Crippen molar-refractivity contribution in [1.82, 2.24) is 5.32 Å². The van der Waals surface area contributed by atoms with Crippen molar-refractivity contribution in [2.75, 3.05) is 6.54 Å². The van der Waals surface area contributed by atoms with Gasteiger partial charge in [0.1, 0.15) is 12.4 Å². The molecule has 0 saturated carbocycles. The molecule has 0 aliphatic heterocycles. The van der Waals surface area contributed by atoms with Crippen molar-refractivity contribution in [2.24, 2.45) is 0 Å². The smallest absolute Gasteiger partial charge is 0.127 e. The van der Waals surface area contributed by atoms with Crippen LogP contribution in [0.3, 0.4) is 0 Å². The van der Waals surface area contributed by atoms with Crippen molar-refractivity contribution >= 4 is 15.9 Å². The average Bonchev–Trinajstić information content (AvgIpc) is 2.46. The first-order valence-corrected chi connectivity index (χ1v) is 7.66. The largest absolute Gasteiger partial charge is 0.488 e. The van der Waals surface area contributed by atoms with E-state index in [1.165, 1.54) is 16.7 Å². The number of para-hydroxylation sites is 1. The fourth-order valence-corrected chi connectivity index (χ4v) is 2.32. The monoisotopic (exact) mass is 333 g/mol. The quantitative estimate of drug-likeness (QED) is 0.843. The summed E-state index contributed by atoms with van der Waals surface area (Å²) < 4.78 is 7.12. The van der Waals surface area contributed by atoms with Crippen molar-refractivity contribution in [3.05, 3.63) is 63.6 Å². The van der Waals surface area contributed by atoms with Crippen molar-refractivity contribution in [1.29, 1.82) is 0 Å². The lowest BCUT2D eigenvalue weighted by molar-refractivity contribution is 0.300. The Labute approximate surface area is 129 Å². The lowest BCUT2D eigenvalue weighted by Crippen LogP contribution is -2.13. The average molecular weight is 334 g/mol. The molecular weight excluding hydrogens is 314 g/mol. The van der Waals surface area contributed by atoms with Crippen LogP contribution in [-0.2, 0) is 13.2 Å². The predicted molar refractivity (Wildman–Crippen MR) is 87.0 cm³/mol. The lowest BCUT2D eigenvalue weighted by Gasteiger charge is -2.14. The molecule has 2 aromatic rings. The van der Waals surface area contributed by atoms with Gasteiger partial charge in [0, 0.05) is 16.6 Å². The van der Waals surface area contributed by atoms with Gasteiger partial charge in [-0.15, -0.1) is 0 Å². The van der Waals surface area contributed by atoms with Crippen LogP contribution in [0.15, 0.2) is 46.9 Å². The SMILES string of the molecule is CCNCc1cccc(C)c1OCc1ccc(Br)cc1. The van der Waals surface area contributed by atoms with Gasteiger partial charge in [0.15, 0.2) is 0 Å². The second-order valence-electron chi connectivity index (χ2n) is 4.76. The van der Waals surface area contributed by atoms with Crippen LogP contribution in [0.1, 0.15) is 23.6 Å². The van der Waals surface area contributed by atoms with Gasteiger partial charge in [-0.2, -0.15) is 0 Å². The zero-order chi connectivity index (χ0) is 14.4. The Hall–Kier alpha value is -1.32. The van der Waals surface area contributed by atoms with E-state index in [0.717, 1.165) is 23.3 Å². The van der Waals surface area contributed by atoms with Gasteiger partial charge in [-0.1, -0.05) is 53.2 Å². The van der Waals surface area contributed by atoms with E-state index in [0.29, 0.717) is 6.61 Å². The van der Waals surface area contributed by atoms with Crippen molar-refractivity contribution in [3.63, 3.8) is 0 Å². The molecule has 1 N–H and O–H groups in total. The van der Waals surface area contributed by atoms with Crippen LogP contribution in [0, 0.1) is 6.92 Å². The highest BCUT2D eigenvalue weighted by Crippen LogP contribution is 2.24. The van der Waals surface area contributed by atoms with Gasteiger partial charge in [-0.25, -0.2) is 0 Å². The van der Waals surface area contributed by atoms with Crippen LogP contribution in [0.2, 0.25) is 0 Å². The number of halogens is 1. The first-order valence-electron chi connectivity index (χ1n) is 6.87. The van der Waals surface area contributed by atoms with E-state index in [4.69, 9.17) is 4.74 Å². The van der Waals surface area contributed by atoms with Crippen LogP contribution >= 0.6 is 15.9 Å². The first-order chi connectivity index (χ1) is 9.70. The minimum absolute atomic E-state index is 0.595. The molecule has 0 amide bonds. The third-order valence-corrected chi connectivity index (χ3v) is 3.68. The molecule has 0 aliphatic rings. The standard InChI is InChI=1S/C17H20BrNO/c1-3-19-11-15-6-4-5-13(2)17(15)20-12-14-7-9-16(18)10-8-14/h4-10,19H,3,11-12H2,1-2H3. The molecule has 0 unspecified atom stereocenters. The van der Waals surface area contributed by atoms with Gasteiger partial charge in [-0.3, -0.25) is 0 Å². The van der Waals surface area contributed by atoms with Crippen LogP contribution in [0.4, 0.5) is 0 Å². The summed E-state index contributed by atoms with van der Waals surface area (Å²) in [6, 6.07) is 14.5. The van der Waals surface area contributed by atoms with Crippen LogP contribution in [0.25, 0.3) is 0 Å². The van der Waals surface area contributed by atoms with Crippen LogP contribution in [0.5, 0.6) is 5.75 Å². The molecule has 2 nitrogen and oxygen atoms in total. The predicted octanol–water partition coefficient (Wildman–Crippen LogP) is 4.45. The molecule has 106 valence electrons. The summed E-state index contributed by atoms with van der Waals surface area (Å²) in [6.45, 7) is 6.59. The Kier molecular flexibility index (Phi) is 5.62. The van der Waals surface area contributed by atoms with Gasteiger partial charge in [0.2, 0.25) is 0 Å². The Balaban J connectivity index is 2.09. The zero-order valence-corrected chi connectivity index (χ0v) is 13.5. The molecule has 0 saturated heterocycles. The lowest BCUT2D eigenvalue weighted by atomic mass is 10.1. The summed E-state index contributed by atoms with van der Waals surface area (Å²) in [7, 11) is 0. The highest BCUT2D eigenvalue weighted by Gasteiger charge is 2.07. The summed E-state index contributed by atoms with van der Waals surface area (Å²) in [5.74, 6) is 0.997. The van der Waals surface area contributed by atoms with Crippen LogP contribution < -0.4 is 10.1 Å². The van der Waals surface area contributed by atoms with E-state index < -0.39 is 0 Å². The summed E-state index contributed by atoms with van der Waals surface area (Å²) in [4.78, 5) is 0. The van der Waals surface area contributed by atoms with Gasteiger partial charge >= 0.3 is 0 Å². The van der Waals surface area contributed by atoms with Crippen molar-refractivity contribution in [3.8, 4) is 5.75 Å². The molecule has 0 atom stereocenters. The molecule has 2 aromatic carbocycles. The second-order valence-corrected chi connectivity index (χ2v) is 5.67. The van der Waals surface area contributed by atoms with Gasteiger partial charge in [0.25, 0.3) is 0 Å². The number of hydrogen-bond acceptors (Lipinski definition) is 2. The Morgan fingerprint density at radius 3 is 2.55 bits per heavy atom. The fourth-order valence-electron chi connectivity index (χ4n) is 2.05. The third kappa shape index (κ3) is 4.09. The Morgan fingerprint density at radius 2 is 1.85 bits per heavy atom. The molecule has 0 heterocycles. The number of ether oxygens (including phenoxy) is 1. The Morgan fingerprint density at radius 1 is 1.10 bits per heavy atom. The van der Waals surface area contributed by atoms with Gasteiger partial charge < -0.3 is 10.1 Å². The van der Waals surface area contributed by atoms with Gasteiger partial charge in [-0.05, 0) is 36.7 Å². The summed E-state index contributed by atoms with van der Waals surface area (Å²) in [5, 5.41) is 3.35. The fraction of sp³-hybridized carbons (Fsp3) is 0.294. The highest BCUT2D eigenvalue weighted by molar-refractivity contribution is 9.10. The zero-order valence-electron chi connectivity index (χ0n) is 11.9. The van der Waals surface area contributed by atoms with E-state index in [1.807, 2.05) is 12.1 Å². The molecule has 0 spiro atoms. The maximum atomic E-state index is 6.04. The van der Waals surface area contributed by atoms with Gasteiger partial charge in [0.05, 0.1) is 0 Å². The topological polar surface area (TPSA) is 21.3 Å². The van der Waals surface area contributed by atoms with Crippen molar-refractivity contribution in [2.45, 2.75) is 27.0 Å².